The molecular weight excluding hydrogens is 352 g/mol. The Morgan fingerprint density at radius 1 is 0.889 bits per heavy atom. The van der Waals surface area contributed by atoms with Crippen LogP contribution in [0, 0.1) is 0 Å². The summed E-state index contributed by atoms with van der Waals surface area (Å²) >= 11 is 0. The summed E-state index contributed by atoms with van der Waals surface area (Å²) in [6.07, 6.45) is -6.16. The molecule has 1 heterocycles. The molecule has 1 fully saturated rings. The van der Waals surface area contributed by atoms with Gasteiger partial charge >= 0.3 is 0 Å². The number of hydrogen-bond donors (Lipinski definition) is 5. The Morgan fingerprint density at radius 3 is 2.41 bits per heavy atom. The third kappa shape index (κ3) is 4.30. The average molecular weight is 376 g/mol. The minimum Gasteiger partial charge on any atom is -0.461 e. The molecule has 1 saturated heterocycles. The van der Waals surface area contributed by atoms with Gasteiger partial charge in [-0.3, -0.25) is 0 Å². The highest BCUT2D eigenvalue weighted by molar-refractivity contribution is 5.70. The molecule has 146 valence electrons. The first-order chi connectivity index (χ1) is 13.0. The van der Waals surface area contributed by atoms with Gasteiger partial charge in [0.05, 0.1) is 6.61 Å². The fourth-order valence-corrected chi connectivity index (χ4v) is 3.12. The molecule has 7 heteroatoms. The van der Waals surface area contributed by atoms with E-state index in [0.29, 0.717) is 12.2 Å². The number of hydrogen-bond acceptors (Lipinski definition) is 7. The summed E-state index contributed by atoms with van der Waals surface area (Å²) in [5.41, 5.74) is 2.58. The highest BCUT2D eigenvalue weighted by Gasteiger charge is 2.44. The number of para-hydroxylation sites is 1. The van der Waals surface area contributed by atoms with Gasteiger partial charge in [0, 0.05) is 12.2 Å². The fourth-order valence-electron chi connectivity index (χ4n) is 3.12. The van der Waals surface area contributed by atoms with Crippen LogP contribution in [0.3, 0.4) is 0 Å². The van der Waals surface area contributed by atoms with Crippen LogP contribution in [0.2, 0.25) is 0 Å². The van der Waals surface area contributed by atoms with Gasteiger partial charge in [-0.1, -0.05) is 42.5 Å². The summed E-state index contributed by atoms with van der Waals surface area (Å²) in [4.78, 5) is 0. The number of aliphatic hydroxyl groups excluding tert-OH is 5. The lowest BCUT2D eigenvalue weighted by atomic mass is 9.99. The number of ether oxygens (including phenoxy) is 2. The largest absolute Gasteiger partial charge is 0.461 e. The molecule has 0 unspecified atom stereocenters. The Morgan fingerprint density at radius 2 is 1.67 bits per heavy atom. The first kappa shape index (κ1) is 19.8. The Balaban J connectivity index is 1.87. The van der Waals surface area contributed by atoms with E-state index in [1.54, 1.807) is 12.1 Å². The SMILES string of the molecule is OCCc1cccc(-c2ccccc2O[C@@H]2O[C@H](CO)[C@@H](O)[C@H](O)[C@@H]2O)c1. The zero-order valence-corrected chi connectivity index (χ0v) is 14.7. The van der Waals surface area contributed by atoms with Crippen molar-refractivity contribution < 1.29 is 35.0 Å². The highest BCUT2D eigenvalue weighted by Crippen LogP contribution is 2.33. The molecular formula is C20H24O7. The number of aliphatic hydroxyl groups is 5. The molecule has 0 saturated carbocycles. The summed E-state index contributed by atoms with van der Waals surface area (Å²) in [5, 5.41) is 48.5. The molecule has 5 N–H and O–H groups in total. The van der Waals surface area contributed by atoms with Crippen molar-refractivity contribution in [3.05, 3.63) is 54.1 Å². The molecule has 0 spiro atoms. The van der Waals surface area contributed by atoms with E-state index in [-0.39, 0.29) is 6.61 Å². The molecule has 27 heavy (non-hydrogen) atoms. The zero-order chi connectivity index (χ0) is 19.4. The van der Waals surface area contributed by atoms with E-state index in [1.807, 2.05) is 36.4 Å². The first-order valence-electron chi connectivity index (χ1n) is 8.81. The van der Waals surface area contributed by atoms with E-state index < -0.39 is 37.3 Å². The number of benzene rings is 2. The first-order valence-corrected chi connectivity index (χ1v) is 8.81. The fraction of sp³-hybridized carbons (Fsp3) is 0.400. The normalized spacial score (nSPS) is 28.1. The van der Waals surface area contributed by atoms with E-state index in [4.69, 9.17) is 14.6 Å². The van der Waals surface area contributed by atoms with Crippen molar-refractivity contribution in [2.75, 3.05) is 13.2 Å². The topological polar surface area (TPSA) is 120 Å². The lowest BCUT2D eigenvalue weighted by Gasteiger charge is -2.39. The van der Waals surface area contributed by atoms with Gasteiger partial charge < -0.3 is 35.0 Å². The molecule has 1 aliphatic heterocycles. The zero-order valence-electron chi connectivity index (χ0n) is 14.7. The maximum absolute atomic E-state index is 10.2. The van der Waals surface area contributed by atoms with E-state index >= 15 is 0 Å². The van der Waals surface area contributed by atoms with Gasteiger partial charge in [-0.2, -0.15) is 0 Å². The van der Waals surface area contributed by atoms with Crippen LogP contribution >= 0.6 is 0 Å². The van der Waals surface area contributed by atoms with Gasteiger partial charge in [0.25, 0.3) is 0 Å². The monoisotopic (exact) mass is 376 g/mol. The van der Waals surface area contributed by atoms with Crippen molar-refractivity contribution in [1.82, 2.24) is 0 Å². The van der Waals surface area contributed by atoms with Gasteiger partial charge in [0.15, 0.2) is 0 Å². The average Bonchev–Trinajstić information content (AvgIpc) is 2.69. The van der Waals surface area contributed by atoms with Crippen molar-refractivity contribution in [2.24, 2.45) is 0 Å². The van der Waals surface area contributed by atoms with E-state index in [2.05, 4.69) is 0 Å². The highest BCUT2D eigenvalue weighted by atomic mass is 16.7. The van der Waals surface area contributed by atoms with Crippen molar-refractivity contribution in [3.63, 3.8) is 0 Å². The van der Waals surface area contributed by atoms with Gasteiger partial charge in [0.2, 0.25) is 6.29 Å². The smallest absolute Gasteiger partial charge is 0.229 e. The van der Waals surface area contributed by atoms with Crippen molar-refractivity contribution >= 4 is 0 Å². The molecule has 0 bridgehead atoms. The van der Waals surface area contributed by atoms with E-state index in [0.717, 1.165) is 16.7 Å². The van der Waals surface area contributed by atoms with Crippen LogP contribution in [0.4, 0.5) is 0 Å². The predicted octanol–water partition coefficient (Wildman–Crippen LogP) is 0.0671. The predicted molar refractivity (Wildman–Crippen MR) is 97.1 cm³/mol. The molecule has 0 aromatic heterocycles. The molecule has 2 aromatic carbocycles. The van der Waals surface area contributed by atoms with Gasteiger partial charge in [0.1, 0.15) is 30.2 Å². The molecule has 3 rings (SSSR count). The quantitative estimate of drug-likeness (QED) is 0.484. The van der Waals surface area contributed by atoms with Crippen LogP contribution in [-0.2, 0) is 11.2 Å². The van der Waals surface area contributed by atoms with Gasteiger partial charge in [-0.15, -0.1) is 0 Å². The maximum atomic E-state index is 10.2. The van der Waals surface area contributed by atoms with Crippen LogP contribution in [0.5, 0.6) is 5.75 Å². The standard InChI is InChI=1S/C20H24O7/c21-9-8-12-4-3-5-13(10-12)14-6-1-2-7-15(14)26-20-19(25)18(24)17(23)16(11-22)27-20/h1-7,10,16-25H,8-9,11H2/t16-,17-,18+,19+,20-/m1/s1. The van der Waals surface area contributed by atoms with Crippen LogP contribution in [0.15, 0.2) is 48.5 Å². The van der Waals surface area contributed by atoms with Crippen LogP contribution in [0.25, 0.3) is 11.1 Å². The lowest BCUT2D eigenvalue weighted by Crippen LogP contribution is -2.60. The second kappa shape index (κ2) is 8.79. The summed E-state index contributed by atoms with van der Waals surface area (Å²) in [5.74, 6) is 0.419. The molecule has 1 aliphatic rings. The van der Waals surface area contributed by atoms with Gasteiger partial charge in [-0.05, 0) is 23.6 Å². The van der Waals surface area contributed by atoms with Crippen LogP contribution in [-0.4, -0.2) is 69.5 Å². The van der Waals surface area contributed by atoms with E-state index in [9.17, 15) is 20.4 Å². The third-order valence-corrected chi connectivity index (χ3v) is 4.62. The van der Waals surface area contributed by atoms with Gasteiger partial charge in [-0.25, -0.2) is 0 Å². The minimum absolute atomic E-state index is 0.0481. The lowest BCUT2D eigenvalue weighted by molar-refractivity contribution is -0.277. The molecule has 5 atom stereocenters. The minimum atomic E-state index is -1.50. The van der Waals surface area contributed by atoms with Crippen molar-refractivity contribution in [3.8, 4) is 16.9 Å². The Labute approximate surface area is 157 Å². The van der Waals surface area contributed by atoms with E-state index in [1.165, 1.54) is 0 Å². The summed E-state index contributed by atoms with van der Waals surface area (Å²) in [7, 11) is 0. The van der Waals surface area contributed by atoms with Crippen molar-refractivity contribution in [2.45, 2.75) is 37.1 Å². The second-order valence-corrected chi connectivity index (χ2v) is 6.49. The Kier molecular flexibility index (Phi) is 6.43. The molecule has 7 nitrogen and oxygen atoms in total. The van der Waals surface area contributed by atoms with Crippen LogP contribution < -0.4 is 4.74 Å². The molecule has 0 radical (unpaired) electrons. The molecule has 0 amide bonds. The van der Waals surface area contributed by atoms with Crippen LogP contribution in [0.1, 0.15) is 5.56 Å². The molecule has 0 aliphatic carbocycles. The summed E-state index contributed by atoms with van der Waals surface area (Å²) in [6, 6.07) is 14.8. The summed E-state index contributed by atoms with van der Waals surface area (Å²) < 4.78 is 11.2. The van der Waals surface area contributed by atoms with Crippen molar-refractivity contribution in [1.29, 1.82) is 0 Å². The number of rotatable bonds is 6. The maximum Gasteiger partial charge on any atom is 0.229 e. The Bertz CT molecular complexity index is 749. The summed E-state index contributed by atoms with van der Waals surface area (Å²) in [6.45, 7) is -0.470. The third-order valence-electron chi connectivity index (χ3n) is 4.62. The molecule has 2 aromatic rings. The second-order valence-electron chi connectivity index (χ2n) is 6.49. The Hall–Kier alpha value is -2.00.